The quantitative estimate of drug-likeness (QED) is 0.514. The Bertz CT molecular complexity index is 1190. The molecule has 7 nitrogen and oxygen atoms in total. The molecule has 1 aromatic heterocycles. The SMILES string of the molecule is COc1ccc(CN2CCc3c(c(CN(C(=O)NC(C)(C)C)C4CC4)nn3-c3ccccc3)C2)cc1. The molecule has 2 heterocycles. The summed E-state index contributed by atoms with van der Waals surface area (Å²) in [6.45, 7) is 9.27. The first-order valence-corrected chi connectivity index (χ1v) is 12.9. The van der Waals surface area contributed by atoms with Crippen LogP contribution in [0.3, 0.4) is 0 Å². The van der Waals surface area contributed by atoms with Gasteiger partial charge in [-0.15, -0.1) is 0 Å². The summed E-state index contributed by atoms with van der Waals surface area (Å²) in [5.41, 5.74) is 5.58. The number of hydrogen-bond donors (Lipinski definition) is 1. The van der Waals surface area contributed by atoms with Gasteiger partial charge < -0.3 is 15.0 Å². The van der Waals surface area contributed by atoms with Crippen molar-refractivity contribution in [2.75, 3.05) is 13.7 Å². The van der Waals surface area contributed by atoms with Crippen LogP contribution in [0.1, 0.15) is 56.1 Å². The van der Waals surface area contributed by atoms with Crippen molar-refractivity contribution >= 4 is 6.03 Å². The van der Waals surface area contributed by atoms with Crippen molar-refractivity contribution in [2.24, 2.45) is 0 Å². The monoisotopic (exact) mass is 487 g/mol. The lowest BCUT2D eigenvalue weighted by Crippen LogP contribution is -2.49. The number of carbonyl (C=O) groups excluding carboxylic acids is 1. The van der Waals surface area contributed by atoms with E-state index in [4.69, 9.17) is 9.84 Å². The number of nitrogens with zero attached hydrogens (tertiary/aromatic N) is 4. The Balaban J connectivity index is 1.43. The van der Waals surface area contributed by atoms with Crippen LogP contribution in [0.4, 0.5) is 4.79 Å². The number of para-hydroxylation sites is 1. The third-order valence-electron chi connectivity index (χ3n) is 6.84. The second kappa shape index (κ2) is 9.97. The summed E-state index contributed by atoms with van der Waals surface area (Å²) in [7, 11) is 1.69. The lowest BCUT2D eigenvalue weighted by Gasteiger charge is -2.30. The van der Waals surface area contributed by atoms with E-state index in [9.17, 15) is 4.79 Å². The van der Waals surface area contributed by atoms with Crippen molar-refractivity contribution in [3.8, 4) is 11.4 Å². The van der Waals surface area contributed by atoms with Gasteiger partial charge in [0.15, 0.2) is 0 Å². The molecule has 36 heavy (non-hydrogen) atoms. The van der Waals surface area contributed by atoms with Crippen molar-refractivity contribution in [3.63, 3.8) is 0 Å². The number of rotatable bonds is 7. The molecular weight excluding hydrogens is 450 g/mol. The first-order valence-electron chi connectivity index (χ1n) is 12.9. The fourth-order valence-corrected chi connectivity index (χ4v) is 4.88. The topological polar surface area (TPSA) is 62.6 Å². The van der Waals surface area contributed by atoms with Crippen LogP contribution in [0.15, 0.2) is 54.6 Å². The first kappa shape index (κ1) is 24.4. The summed E-state index contributed by atoms with van der Waals surface area (Å²) in [6, 6.07) is 18.9. The van der Waals surface area contributed by atoms with Crippen LogP contribution < -0.4 is 10.1 Å². The van der Waals surface area contributed by atoms with Gasteiger partial charge in [-0.2, -0.15) is 5.10 Å². The van der Waals surface area contributed by atoms with E-state index in [-0.39, 0.29) is 11.6 Å². The zero-order valence-corrected chi connectivity index (χ0v) is 21.8. The van der Waals surface area contributed by atoms with Gasteiger partial charge in [-0.25, -0.2) is 9.48 Å². The molecule has 0 unspecified atom stereocenters. The fourth-order valence-electron chi connectivity index (χ4n) is 4.88. The van der Waals surface area contributed by atoms with Crippen molar-refractivity contribution in [1.29, 1.82) is 0 Å². The molecule has 2 aromatic carbocycles. The van der Waals surface area contributed by atoms with E-state index in [0.29, 0.717) is 12.6 Å². The molecule has 1 aliphatic carbocycles. The zero-order valence-electron chi connectivity index (χ0n) is 21.8. The Hall–Kier alpha value is -3.32. The van der Waals surface area contributed by atoms with Crippen LogP contribution in [0.2, 0.25) is 0 Å². The molecule has 0 spiro atoms. The highest BCUT2D eigenvalue weighted by molar-refractivity contribution is 5.75. The predicted octanol–water partition coefficient (Wildman–Crippen LogP) is 4.91. The van der Waals surface area contributed by atoms with Crippen molar-refractivity contribution in [2.45, 2.75) is 71.2 Å². The Morgan fingerprint density at radius 3 is 2.47 bits per heavy atom. The van der Waals surface area contributed by atoms with Crippen LogP contribution in [0.25, 0.3) is 5.69 Å². The molecule has 5 rings (SSSR count). The molecule has 1 aliphatic heterocycles. The highest BCUT2D eigenvalue weighted by atomic mass is 16.5. The molecule has 1 fully saturated rings. The number of nitrogens with one attached hydrogen (secondary N) is 1. The van der Waals surface area contributed by atoms with Gasteiger partial charge in [0.1, 0.15) is 5.75 Å². The van der Waals surface area contributed by atoms with Crippen LogP contribution in [-0.4, -0.2) is 50.8 Å². The minimum atomic E-state index is -0.276. The molecule has 1 N–H and O–H groups in total. The van der Waals surface area contributed by atoms with E-state index in [1.54, 1.807) is 7.11 Å². The Labute approximate surface area is 214 Å². The molecule has 0 bridgehead atoms. The van der Waals surface area contributed by atoms with Gasteiger partial charge in [0.25, 0.3) is 0 Å². The fraction of sp³-hybridized carbons (Fsp3) is 0.448. The summed E-state index contributed by atoms with van der Waals surface area (Å²) < 4.78 is 7.41. The number of fused-ring (bicyclic) bond motifs is 1. The Kier molecular flexibility index (Phi) is 6.75. The number of amides is 2. The number of hydrogen-bond acceptors (Lipinski definition) is 4. The van der Waals surface area contributed by atoms with E-state index in [1.165, 1.54) is 16.8 Å². The molecule has 0 radical (unpaired) electrons. The second-order valence-corrected chi connectivity index (χ2v) is 11.0. The van der Waals surface area contributed by atoms with E-state index in [2.05, 4.69) is 51.3 Å². The maximum absolute atomic E-state index is 13.2. The van der Waals surface area contributed by atoms with Crippen molar-refractivity contribution < 1.29 is 9.53 Å². The smallest absolute Gasteiger partial charge is 0.318 e. The lowest BCUT2D eigenvalue weighted by atomic mass is 10.0. The highest BCUT2D eigenvalue weighted by Gasteiger charge is 2.36. The zero-order chi connectivity index (χ0) is 25.3. The van der Waals surface area contributed by atoms with E-state index >= 15 is 0 Å². The first-order chi connectivity index (χ1) is 17.3. The van der Waals surface area contributed by atoms with Crippen LogP contribution >= 0.6 is 0 Å². The van der Waals surface area contributed by atoms with Gasteiger partial charge in [-0.1, -0.05) is 30.3 Å². The van der Waals surface area contributed by atoms with E-state index in [1.807, 2.05) is 43.9 Å². The maximum Gasteiger partial charge on any atom is 0.318 e. The summed E-state index contributed by atoms with van der Waals surface area (Å²) in [5.74, 6) is 0.875. The molecule has 0 saturated heterocycles. The standard InChI is InChI=1S/C29H37N5O2/c1-29(2,3)30-28(35)33(22-12-13-22)20-26-25-19-32(18-21-10-14-24(36-4)15-11-21)17-16-27(25)34(31-26)23-8-6-5-7-9-23/h5-11,14-15,22H,12-13,16-20H2,1-4H3,(H,30,35). The minimum Gasteiger partial charge on any atom is -0.497 e. The maximum atomic E-state index is 13.2. The molecule has 2 aliphatic rings. The van der Waals surface area contributed by atoms with Crippen molar-refractivity contribution in [3.05, 3.63) is 77.1 Å². The lowest BCUT2D eigenvalue weighted by molar-refractivity contribution is 0.181. The number of methoxy groups -OCH3 is 1. The van der Waals surface area contributed by atoms with Gasteiger partial charge in [0, 0.05) is 43.2 Å². The van der Waals surface area contributed by atoms with Gasteiger partial charge in [0.05, 0.1) is 30.7 Å². The number of aromatic nitrogens is 2. The largest absolute Gasteiger partial charge is 0.497 e. The average Bonchev–Trinajstić information content (AvgIpc) is 3.64. The van der Waals surface area contributed by atoms with Crippen LogP contribution in [-0.2, 0) is 26.1 Å². The average molecular weight is 488 g/mol. The molecule has 3 aromatic rings. The number of carbonyl (C=O) groups is 1. The van der Waals surface area contributed by atoms with Crippen LogP contribution in [0.5, 0.6) is 5.75 Å². The number of benzene rings is 2. The van der Waals surface area contributed by atoms with Gasteiger partial charge in [-0.3, -0.25) is 4.90 Å². The molecular formula is C29H37N5O2. The van der Waals surface area contributed by atoms with E-state index < -0.39 is 0 Å². The molecule has 7 heteroatoms. The molecule has 0 atom stereocenters. The van der Waals surface area contributed by atoms with Crippen molar-refractivity contribution in [1.82, 2.24) is 24.9 Å². The molecule has 190 valence electrons. The summed E-state index contributed by atoms with van der Waals surface area (Å²) >= 11 is 0. The van der Waals surface area contributed by atoms with Gasteiger partial charge in [-0.05, 0) is 63.4 Å². The highest BCUT2D eigenvalue weighted by Crippen LogP contribution is 2.32. The number of urea groups is 1. The summed E-state index contributed by atoms with van der Waals surface area (Å²) in [6.07, 6.45) is 3.04. The third kappa shape index (κ3) is 5.57. The normalized spacial score (nSPS) is 15.9. The van der Waals surface area contributed by atoms with Crippen LogP contribution in [0, 0.1) is 0 Å². The molecule has 1 saturated carbocycles. The second-order valence-electron chi connectivity index (χ2n) is 11.0. The Morgan fingerprint density at radius 2 is 1.83 bits per heavy atom. The molecule has 2 amide bonds. The summed E-state index contributed by atoms with van der Waals surface area (Å²) in [5, 5.41) is 8.27. The van der Waals surface area contributed by atoms with Gasteiger partial charge >= 0.3 is 6.03 Å². The summed E-state index contributed by atoms with van der Waals surface area (Å²) in [4.78, 5) is 17.7. The number of ether oxygens (including phenoxy) is 1. The third-order valence-corrected chi connectivity index (χ3v) is 6.84. The predicted molar refractivity (Wildman–Crippen MR) is 141 cm³/mol. The Morgan fingerprint density at radius 1 is 1.11 bits per heavy atom. The minimum absolute atomic E-state index is 0.00101. The van der Waals surface area contributed by atoms with Gasteiger partial charge in [0.2, 0.25) is 0 Å². The van der Waals surface area contributed by atoms with E-state index in [0.717, 1.165) is 56.0 Å².